The van der Waals surface area contributed by atoms with Crippen LogP contribution in [0.2, 0.25) is 0 Å². The number of rotatable bonds is 14. The SMILES string of the molecule is CCC(C)C(N)C(=O)NC(Cc1cnc[nH]1)C(=O)NC(CCCN=C(N)N)C(=O)N1CCCC1C(=O)O. The molecule has 5 unspecified atom stereocenters. The smallest absolute Gasteiger partial charge is 0.326 e. The molecule has 0 spiro atoms. The minimum atomic E-state index is -1.10. The number of H-pyrrole nitrogens is 1. The number of nitrogens with two attached hydrogens (primary N) is 3. The van der Waals surface area contributed by atoms with Crippen LogP contribution in [0.1, 0.15) is 51.6 Å². The van der Waals surface area contributed by atoms with Gasteiger partial charge in [-0.2, -0.15) is 0 Å². The van der Waals surface area contributed by atoms with Crippen molar-refractivity contribution in [2.45, 2.75) is 76.5 Å². The Kier molecular flexibility index (Phi) is 11.3. The highest BCUT2D eigenvalue weighted by molar-refractivity contribution is 5.94. The molecule has 1 aromatic heterocycles. The first-order valence-electron chi connectivity index (χ1n) is 12.5. The molecule has 3 amide bonds. The van der Waals surface area contributed by atoms with Crippen LogP contribution in [-0.4, -0.2) is 86.9 Å². The van der Waals surface area contributed by atoms with Crippen molar-refractivity contribution in [3.63, 3.8) is 0 Å². The molecule has 1 aromatic rings. The number of carbonyl (C=O) groups is 4. The van der Waals surface area contributed by atoms with Gasteiger partial charge < -0.3 is 42.8 Å². The van der Waals surface area contributed by atoms with E-state index in [0.717, 1.165) is 0 Å². The number of guanidine groups is 1. The van der Waals surface area contributed by atoms with Gasteiger partial charge in [-0.25, -0.2) is 9.78 Å². The van der Waals surface area contributed by atoms with E-state index >= 15 is 0 Å². The molecule has 206 valence electrons. The van der Waals surface area contributed by atoms with Gasteiger partial charge in [-0.05, 0) is 31.6 Å². The fourth-order valence-corrected chi connectivity index (χ4v) is 4.13. The van der Waals surface area contributed by atoms with Gasteiger partial charge in [0.25, 0.3) is 0 Å². The molecule has 1 aliphatic rings. The average Bonchev–Trinajstić information content (AvgIpc) is 3.56. The maximum absolute atomic E-state index is 13.4. The van der Waals surface area contributed by atoms with Gasteiger partial charge in [0.2, 0.25) is 17.7 Å². The third kappa shape index (κ3) is 8.74. The van der Waals surface area contributed by atoms with Crippen molar-refractivity contribution in [3.05, 3.63) is 18.2 Å². The number of likely N-dealkylation sites (tertiary alicyclic amines) is 1. The van der Waals surface area contributed by atoms with E-state index in [4.69, 9.17) is 17.2 Å². The Morgan fingerprint density at radius 3 is 2.54 bits per heavy atom. The van der Waals surface area contributed by atoms with E-state index in [-0.39, 0.29) is 37.8 Å². The zero-order valence-corrected chi connectivity index (χ0v) is 21.4. The Morgan fingerprint density at radius 1 is 1.24 bits per heavy atom. The molecule has 2 rings (SSSR count). The van der Waals surface area contributed by atoms with Crippen LogP contribution in [0.4, 0.5) is 0 Å². The van der Waals surface area contributed by atoms with Crippen molar-refractivity contribution in [1.82, 2.24) is 25.5 Å². The van der Waals surface area contributed by atoms with Gasteiger partial charge in [0.05, 0.1) is 12.4 Å². The molecule has 1 saturated heterocycles. The molecule has 2 heterocycles. The van der Waals surface area contributed by atoms with Gasteiger partial charge in [-0.15, -0.1) is 0 Å². The second-order valence-corrected chi connectivity index (χ2v) is 9.29. The van der Waals surface area contributed by atoms with Crippen LogP contribution < -0.4 is 27.8 Å². The molecule has 0 aliphatic carbocycles. The lowest BCUT2D eigenvalue weighted by Gasteiger charge is -2.29. The number of aromatic nitrogens is 2. The number of carboxylic acid groups (broad SMARTS) is 1. The summed E-state index contributed by atoms with van der Waals surface area (Å²) < 4.78 is 0. The average molecular weight is 522 g/mol. The maximum atomic E-state index is 13.4. The monoisotopic (exact) mass is 521 g/mol. The van der Waals surface area contributed by atoms with E-state index in [0.29, 0.717) is 31.4 Å². The van der Waals surface area contributed by atoms with Gasteiger partial charge >= 0.3 is 5.97 Å². The summed E-state index contributed by atoms with van der Waals surface area (Å²) in [6.07, 6.45) is 5.15. The fraction of sp³-hybridized carbons (Fsp3) is 0.652. The first-order valence-corrected chi connectivity index (χ1v) is 12.5. The van der Waals surface area contributed by atoms with E-state index in [2.05, 4.69) is 25.6 Å². The summed E-state index contributed by atoms with van der Waals surface area (Å²) in [7, 11) is 0. The molecule has 14 heteroatoms. The van der Waals surface area contributed by atoms with Crippen molar-refractivity contribution in [1.29, 1.82) is 0 Å². The number of nitrogens with zero attached hydrogens (tertiary/aromatic N) is 3. The van der Waals surface area contributed by atoms with Crippen molar-refractivity contribution in [2.75, 3.05) is 13.1 Å². The Hall–Kier alpha value is -3.68. The maximum Gasteiger partial charge on any atom is 0.326 e. The summed E-state index contributed by atoms with van der Waals surface area (Å²) in [6, 6.07) is -3.87. The van der Waals surface area contributed by atoms with Crippen molar-refractivity contribution >= 4 is 29.7 Å². The Labute approximate surface area is 215 Å². The topological polar surface area (TPSA) is 235 Å². The van der Waals surface area contributed by atoms with Gasteiger partial charge in [0.1, 0.15) is 18.1 Å². The molecular weight excluding hydrogens is 482 g/mol. The Bertz CT molecular complexity index is 948. The summed E-state index contributed by atoms with van der Waals surface area (Å²) in [5.74, 6) is -2.91. The summed E-state index contributed by atoms with van der Waals surface area (Å²) in [6.45, 7) is 4.25. The standard InChI is InChI=1S/C23H39N9O5/c1-3-13(2)18(24)20(34)31-16(10-14-11-27-12-29-14)19(33)30-15(6-4-8-28-23(25)26)21(35)32-9-5-7-17(32)22(36)37/h11-13,15-18H,3-10,24H2,1-2H3,(H,27,29)(H,30,33)(H,31,34)(H,36,37)(H4,25,26,28). The summed E-state index contributed by atoms with van der Waals surface area (Å²) in [4.78, 5) is 63.2. The minimum absolute atomic E-state index is 0.0845. The van der Waals surface area contributed by atoms with Crippen LogP contribution in [0.25, 0.3) is 0 Å². The number of hydrogen-bond acceptors (Lipinski definition) is 7. The molecule has 0 bridgehead atoms. The normalized spacial score (nSPS) is 18.4. The molecule has 0 radical (unpaired) electrons. The Morgan fingerprint density at radius 2 is 1.95 bits per heavy atom. The highest BCUT2D eigenvalue weighted by Crippen LogP contribution is 2.20. The molecule has 5 atom stereocenters. The van der Waals surface area contributed by atoms with Gasteiger partial charge in [0, 0.05) is 31.4 Å². The highest BCUT2D eigenvalue weighted by atomic mass is 16.4. The van der Waals surface area contributed by atoms with Gasteiger partial charge in [-0.3, -0.25) is 19.4 Å². The van der Waals surface area contributed by atoms with Gasteiger partial charge in [-0.1, -0.05) is 20.3 Å². The molecular formula is C23H39N9O5. The van der Waals surface area contributed by atoms with Crippen molar-refractivity contribution in [2.24, 2.45) is 28.1 Å². The second kappa shape index (κ2) is 14.2. The third-order valence-electron chi connectivity index (χ3n) is 6.55. The van der Waals surface area contributed by atoms with Crippen LogP contribution in [-0.2, 0) is 25.6 Å². The van der Waals surface area contributed by atoms with E-state index in [1.807, 2.05) is 13.8 Å². The minimum Gasteiger partial charge on any atom is -0.480 e. The number of imidazole rings is 1. The fourth-order valence-electron chi connectivity index (χ4n) is 4.13. The van der Waals surface area contributed by atoms with E-state index in [1.54, 1.807) is 0 Å². The lowest BCUT2D eigenvalue weighted by molar-refractivity contribution is -0.149. The lowest BCUT2D eigenvalue weighted by Crippen LogP contribution is -2.58. The van der Waals surface area contributed by atoms with E-state index < -0.39 is 47.9 Å². The first kappa shape index (κ1) is 29.5. The predicted octanol–water partition coefficient (Wildman–Crippen LogP) is -1.58. The van der Waals surface area contributed by atoms with Gasteiger partial charge in [0.15, 0.2) is 5.96 Å². The van der Waals surface area contributed by atoms with Crippen LogP contribution >= 0.6 is 0 Å². The number of carbonyl (C=O) groups excluding carboxylic acids is 3. The molecule has 37 heavy (non-hydrogen) atoms. The lowest BCUT2D eigenvalue weighted by atomic mass is 9.98. The number of hydrogen-bond donors (Lipinski definition) is 7. The molecule has 1 aliphatic heterocycles. The zero-order chi connectivity index (χ0) is 27.5. The van der Waals surface area contributed by atoms with Crippen LogP contribution in [0.5, 0.6) is 0 Å². The molecule has 0 aromatic carbocycles. The van der Waals surface area contributed by atoms with Crippen LogP contribution in [0.15, 0.2) is 17.5 Å². The summed E-state index contributed by atoms with van der Waals surface area (Å²) in [5.41, 5.74) is 17.4. The molecule has 1 fully saturated rings. The number of aromatic amines is 1. The largest absolute Gasteiger partial charge is 0.480 e. The van der Waals surface area contributed by atoms with Crippen LogP contribution in [0, 0.1) is 5.92 Å². The zero-order valence-electron chi connectivity index (χ0n) is 21.4. The molecule has 10 N–H and O–H groups in total. The molecule has 0 saturated carbocycles. The molecule has 14 nitrogen and oxygen atoms in total. The van der Waals surface area contributed by atoms with Crippen LogP contribution in [0.3, 0.4) is 0 Å². The van der Waals surface area contributed by atoms with Crippen molar-refractivity contribution in [3.8, 4) is 0 Å². The first-order chi connectivity index (χ1) is 17.5. The number of aliphatic carboxylic acids is 1. The van der Waals surface area contributed by atoms with Crippen molar-refractivity contribution < 1.29 is 24.3 Å². The third-order valence-corrected chi connectivity index (χ3v) is 6.55. The number of aliphatic imine (C=N–C) groups is 1. The Balaban J connectivity index is 2.23. The number of nitrogens with one attached hydrogen (secondary N) is 3. The summed E-state index contributed by atoms with van der Waals surface area (Å²) >= 11 is 0. The predicted molar refractivity (Wildman–Crippen MR) is 136 cm³/mol. The summed E-state index contributed by atoms with van der Waals surface area (Å²) in [5, 5.41) is 14.9. The van der Waals surface area contributed by atoms with E-state index in [9.17, 15) is 24.3 Å². The second-order valence-electron chi connectivity index (χ2n) is 9.29. The number of carboxylic acids is 1. The quantitative estimate of drug-likeness (QED) is 0.0848. The highest BCUT2D eigenvalue weighted by Gasteiger charge is 2.38. The number of amides is 3. The van der Waals surface area contributed by atoms with E-state index in [1.165, 1.54) is 17.4 Å².